The van der Waals surface area contributed by atoms with Crippen molar-refractivity contribution in [3.63, 3.8) is 0 Å². The first-order valence-corrected chi connectivity index (χ1v) is 23.5. The summed E-state index contributed by atoms with van der Waals surface area (Å²) in [7, 11) is 0. The molecule has 2 heterocycles. The van der Waals surface area contributed by atoms with Gasteiger partial charge in [0.2, 0.25) is 5.91 Å². The van der Waals surface area contributed by atoms with Crippen molar-refractivity contribution in [1.29, 1.82) is 0 Å². The van der Waals surface area contributed by atoms with E-state index in [9.17, 15) is 45.6 Å². The predicted octanol–water partition coefficient (Wildman–Crippen LogP) is 5.20. The zero-order valence-corrected chi connectivity index (χ0v) is 38.2. The quantitative estimate of drug-likeness (QED) is 0.0305. The number of hydrogen-bond acceptors (Lipinski definition) is 13. The summed E-state index contributed by atoms with van der Waals surface area (Å²) in [5, 5.41) is 85.7. The van der Waals surface area contributed by atoms with Crippen molar-refractivity contribution in [2.45, 2.75) is 190 Å². The molecule has 64 heavy (non-hydrogen) atoms. The first kappa shape index (κ1) is 57.0. The van der Waals surface area contributed by atoms with Crippen LogP contribution in [0.25, 0.3) is 0 Å². The average molecular weight is 904 g/mol. The molecular formula is C50H81NO13. The largest absolute Gasteiger partial charge is 0.394 e. The molecule has 2 fully saturated rings. The van der Waals surface area contributed by atoms with Crippen molar-refractivity contribution in [3.8, 4) is 0 Å². The van der Waals surface area contributed by atoms with Gasteiger partial charge in [0.1, 0.15) is 48.8 Å². The molecule has 2 aliphatic rings. The number of ether oxygens (including phenoxy) is 4. The Morgan fingerprint density at radius 1 is 0.578 bits per heavy atom. The lowest BCUT2D eigenvalue weighted by molar-refractivity contribution is -0.359. The van der Waals surface area contributed by atoms with Gasteiger partial charge < -0.3 is 65.1 Å². The van der Waals surface area contributed by atoms with E-state index in [1.54, 1.807) is 12.2 Å². The fourth-order valence-corrected chi connectivity index (χ4v) is 6.92. The number of carbonyl (C=O) groups is 1. The van der Waals surface area contributed by atoms with E-state index in [-0.39, 0.29) is 18.9 Å². The highest BCUT2D eigenvalue weighted by Crippen LogP contribution is 2.29. The van der Waals surface area contributed by atoms with Gasteiger partial charge in [-0.3, -0.25) is 4.79 Å². The van der Waals surface area contributed by atoms with Crippen molar-refractivity contribution in [3.05, 3.63) is 97.2 Å². The molecular weight excluding hydrogens is 823 g/mol. The van der Waals surface area contributed by atoms with E-state index in [0.29, 0.717) is 12.8 Å². The summed E-state index contributed by atoms with van der Waals surface area (Å²) in [6.45, 7) is 2.38. The number of nitrogens with one attached hydrogen (secondary N) is 1. The second-order valence-corrected chi connectivity index (χ2v) is 16.1. The molecule has 0 bridgehead atoms. The molecule has 2 aliphatic heterocycles. The van der Waals surface area contributed by atoms with Gasteiger partial charge in [-0.15, -0.1) is 0 Å². The van der Waals surface area contributed by atoms with Crippen molar-refractivity contribution >= 4 is 5.91 Å². The van der Waals surface area contributed by atoms with E-state index >= 15 is 0 Å². The van der Waals surface area contributed by atoms with E-state index in [1.165, 1.54) is 0 Å². The molecule has 0 aromatic carbocycles. The van der Waals surface area contributed by atoms with Crippen LogP contribution in [-0.4, -0.2) is 140 Å². The number of carbonyl (C=O) groups excluding carboxylic acids is 1. The number of amides is 1. The van der Waals surface area contributed by atoms with Gasteiger partial charge in [-0.05, 0) is 70.6 Å². The van der Waals surface area contributed by atoms with Gasteiger partial charge >= 0.3 is 0 Å². The maximum Gasteiger partial charge on any atom is 0.220 e. The number of rotatable bonds is 33. The predicted molar refractivity (Wildman–Crippen MR) is 249 cm³/mol. The number of allylic oxidation sites excluding steroid dienone is 15. The summed E-state index contributed by atoms with van der Waals surface area (Å²) in [6.07, 6.45) is 31.4. The molecule has 2 rings (SSSR count). The van der Waals surface area contributed by atoms with Crippen LogP contribution >= 0.6 is 0 Å². The van der Waals surface area contributed by atoms with Gasteiger partial charge in [0.15, 0.2) is 12.6 Å². The first-order chi connectivity index (χ1) is 31.1. The average Bonchev–Trinajstić information content (AvgIpc) is 3.29. The summed E-state index contributed by atoms with van der Waals surface area (Å²) >= 11 is 0. The molecule has 0 spiro atoms. The minimum Gasteiger partial charge on any atom is -0.394 e. The number of unbranched alkanes of at least 4 members (excludes halogenated alkanes) is 6. The monoisotopic (exact) mass is 904 g/mol. The Labute approximate surface area is 382 Å². The molecule has 14 nitrogen and oxygen atoms in total. The maximum atomic E-state index is 13.0. The van der Waals surface area contributed by atoms with Crippen LogP contribution in [0.5, 0.6) is 0 Å². The molecule has 14 heteroatoms. The first-order valence-electron chi connectivity index (χ1n) is 23.5. The lowest BCUT2D eigenvalue weighted by atomic mass is 9.97. The van der Waals surface area contributed by atoms with Crippen molar-refractivity contribution in [1.82, 2.24) is 5.32 Å². The Morgan fingerprint density at radius 2 is 1.08 bits per heavy atom. The van der Waals surface area contributed by atoms with Gasteiger partial charge in [-0.1, -0.05) is 137 Å². The normalized spacial score (nSPS) is 28.2. The van der Waals surface area contributed by atoms with Gasteiger partial charge in [0.05, 0.1) is 32.0 Å². The van der Waals surface area contributed by atoms with Crippen LogP contribution in [0.1, 0.15) is 117 Å². The van der Waals surface area contributed by atoms with Crippen molar-refractivity contribution < 1.29 is 64.6 Å². The molecule has 364 valence electrons. The fraction of sp³-hybridized carbons (Fsp3) is 0.660. The minimum absolute atomic E-state index is 0.249. The van der Waals surface area contributed by atoms with E-state index in [4.69, 9.17) is 18.9 Å². The lowest BCUT2D eigenvalue weighted by Gasteiger charge is -2.46. The van der Waals surface area contributed by atoms with Crippen LogP contribution in [0.15, 0.2) is 97.2 Å². The van der Waals surface area contributed by atoms with Crippen molar-refractivity contribution in [2.75, 3.05) is 19.8 Å². The molecule has 12 atom stereocenters. The Kier molecular flexibility index (Phi) is 32.2. The second-order valence-electron chi connectivity index (χ2n) is 16.1. The Balaban J connectivity index is 1.66. The third-order valence-electron chi connectivity index (χ3n) is 10.8. The molecule has 12 unspecified atom stereocenters. The smallest absolute Gasteiger partial charge is 0.220 e. The van der Waals surface area contributed by atoms with Gasteiger partial charge in [-0.2, -0.15) is 0 Å². The van der Waals surface area contributed by atoms with Crippen LogP contribution in [0.2, 0.25) is 0 Å². The van der Waals surface area contributed by atoms with E-state index in [0.717, 1.165) is 83.5 Å². The van der Waals surface area contributed by atoms with Crippen LogP contribution in [0.4, 0.5) is 0 Å². The topological polar surface area (TPSA) is 228 Å². The zero-order chi connectivity index (χ0) is 46.8. The van der Waals surface area contributed by atoms with Gasteiger partial charge in [0.25, 0.3) is 0 Å². The highest BCUT2D eigenvalue weighted by Gasteiger charge is 2.50. The molecule has 9 N–H and O–H groups in total. The lowest BCUT2D eigenvalue weighted by Crippen LogP contribution is -2.65. The Hall–Kier alpha value is -3.09. The molecule has 0 radical (unpaired) electrons. The van der Waals surface area contributed by atoms with E-state index in [1.807, 2.05) is 6.92 Å². The number of aliphatic hydroxyl groups is 8. The zero-order valence-electron chi connectivity index (χ0n) is 38.2. The fourth-order valence-electron chi connectivity index (χ4n) is 6.92. The molecule has 0 aromatic rings. The second kappa shape index (κ2) is 36.1. The van der Waals surface area contributed by atoms with Gasteiger partial charge in [-0.25, -0.2) is 0 Å². The number of aliphatic hydroxyl groups excluding tert-OH is 8. The standard InChI is InChI=1S/C50H81NO13/c1-3-5-7-8-9-10-11-12-13-14-15-16-17-18-19-20-21-22-23-24-25-26-27-28-29-30-32-34-42(55)51-38(39(54)33-31-6-4-2)37-61-49-47(60)45(58)48(41(36-53)63-49)64-50-46(59)44(57)43(56)40(35-52)62-50/h5,7,9-10,12-13,15-16,18-19,21-22,24-25,31,33,38-41,43-50,52-54,56-60H,3-4,6,8,11,14,17,20,23,26-30,32,34-37H2,1-2H3,(H,51,55)/b7-5-,10-9-,13-12-,16-15-,19-18-,22-21-,25-24-,33-31+. The summed E-state index contributed by atoms with van der Waals surface area (Å²) in [5.74, 6) is -0.278. The molecule has 0 saturated carbocycles. The van der Waals surface area contributed by atoms with E-state index < -0.39 is 86.8 Å². The highest BCUT2D eigenvalue weighted by atomic mass is 16.7. The summed E-state index contributed by atoms with van der Waals surface area (Å²) in [5.41, 5.74) is 0. The van der Waals surface area contributed by atoms with Crippen LogP contribution in [0, 0.1) is 0 Å². The molecule has 0 aliphatic carbocycles. The maximum absolute atomic E-state index is 13.0. The van der Waals surface area contributed by atoms with Crippen molar-refractivity contribution in [2.24, 2.45) is 0 Å². The Bertz CT molecular complexity index is 1440. The molecule has 1 amide bonds. The van der Waals surface area contributed by atoms with Crippen LogP contribution in [0.3, 0.4) is 0 Å². The SMILES string of the molecule is CC/C=C\C/C=C\C/C=C\C/C=C\C/C=C\C/C=C\C/C=C\CCCCCCCC(=O)NC(COC1OC(CO)C(OC2OC(CO)C(O)C(O)C2O)C(O)C1O)C(O)/C=C/CCC. The van der Waals surface area contributed by atoms with Crippen LogP contribution < -0.4 is 5.32 Å². The highest BCUT2D eigenvalue weighted by molar-refractivity contribution is 5.76. The van der Waals surface area contributed by atoms with Gasteiger partial charge in [0, 0.05) is 6.42 Å². The van der Waals surface area contributed by atoms with E-state index in [2.05, 4.69) is 97.3 Å². The third-order valence-corrected chi connectivity index (χ3v) is 10.8. The summed E-state index contributed by atoms with van der Waals surface area (Å²) < 4.78 is 22.4. The number of hydrogen-bond donors (Lipinski definition) is 9. The van der Waals surface area contributed by atoms with Crippen LogP contribution in [-0.2, 0) is 23.7 Å². The molecule has 0 aromatic heterocycles. The third kappa shape index (κ3) is 23.4. The minimum atomic E-state index is -1.79. The molecule has 2 saturated heterocycles. The summed E-state index contributed by atoms with van der Waals surface area (Å²) in [6, 6.07) is -0.927. The summed E-state index contributed by atoms with van der Waals surface area (Å²) in [4.78, 5) is 13.0. The Morgan fingerprint density at radius 3 is 1.62 bits per heavy atom.